The van der Waals surface area contributed by atoms with Crippen molar-refractivity contribution < 1.29 is 15.1 Å². The first kappa shape index (κ1) is 9.29. The van der Waals surface area contributed by atoms with E-state index in [-0.39, 0.29) is 27.3 Å². The number of hydrogen-bond acceptors (Lipinski definition) is 3. The van der Waals surface area contributed by atoms with E-state index in [9.17, 15) is 0 Å². The topological polar surface area (TPSA) is 69.2 Å². The van der Waals surface area contributed by atoms with Crippen molar-refractivity contribution in [3.05, 3.63) is 0 Å². The second kappa shape index (κ2) is 4.87. The summed E-state index contributed by atoms with van der Waals surface area (Å²) in [6.45, 7) is 0. The molecule has 0 saturated heterocycles. The summed E-state index contributed by atoms with van der Waals surface area (Å²) >= 11 is 0. The molecule has 1 radical (unpaired) electrons. The molecule has 0 aliphatic carbocycles. The average molecular weight is 266 g/mol. The second-order valence-electron chi connectivity index (χ2n) is 0.289. The van der Waals surface area contributed by atoms with E-state index in [4.69, 9.17) is 15.1 Å². The molecule has 0 aliphatic rings. The van der Waals surface area contributed by atoms with Crippen molar-refractivity contribution in [2.75, 3.05) is 0 Å². The van der Waals surface area contributed by atoms with E-state index in [1.54, 1.807) is 0 Å². The summed E-state index contributed by atoms with van der Waals surface area (Å²) in [5.41, 5.74) is 0. The normalized spacial score (nSPS) is 5.40. The van der Waals surface area contributed by atoms with Gasteiger partial charge in [0.1, 0.15) is 0 Å². The molecule has 5 heteroatoms. The van der Waals surface area contributed by atoms with Crippen molar-refractivity contribution in [3.8, 4) is 0 Å². The van der Waals surface area contributed by atoms with E-state index in [1.807, 2.05) is 0 Å². The molecule has 0 aromatic heterocycles. The minimum absolute atomic E-state index is 0. The number of hydrogen-bond donors (Lipinski definition) is 0. The van der Waals surface area contributed by atoms with Crippen molar-refractivity contribution in [2.45, 2.75) is 0 Å². The molecule has 25 valence electrons. The molecule has 0 heterocycles. The summed E-state index contributed by atoms with van der Waals surface area (Å²) in [4.78, 5) is 0. The SMILES string of the molecule is [O-]B([O-])[O-].[Pb+3]. The largest absolute Gasteiger partial charge is 3.00 e. The molecular formula is BO3Pb. The minimum Gasteiger partial charge on any atom is -0.907 e. The van der Waals surface area contributed by atoms with Crippen LogP contribution in [0.15, 0.2) is 0 Å². The van der Waals surface area contributed by atoms with Crippen LogP contribution in [0.2, 0.25) is 0 Å². The molecule has 0 bridgehead atoms. The van der Waals surface area contributed by atoms with Crippen LogP contribution < -0.4 is 15.1 Å². The molecule has 0 N–H and O–H groups in total. The number of rotatable bonds is 0. The maximum atomic E-state index is 8.42. The van der Waals surface area contributed by atoms with Gasteiger partial charge in [0.05, 0.1) is 0 Å². The van der Waals surface area contributed by atoms with Crippen molar-refractivity contribution in [1.29, 1.82) is 0 Å². The van der Waals surface area contributed by atoms with Gasteiger partial charge in [0, 0.05) is 0 Å². The molecule has 0 atom stereocenters. The standard InChI is InChI=1S/BO3.Pb/c2-1(3)4;/q-3;+3. The van der Waals surface area contributed by atoms with Gasteiger partial charge in [-0.25, -0.2) is 0 Å². The third kappa shape index (κ3) is 53.2. The predicted octanol–water partition coefficient (Wildman–Crippen LogP) is -4.33. The van der Waals surface area contributed by atoms with Crippen LogP contribution in [-0.4, -0.2) is 34.6 Å². The Morgan fingerprint density at radius 1 is 1.00 bits per heavy atom. The third-order valence-corrected chi connectivity index (χ3v) is 0. The molecule has 0 aromatic rings. The van der Waals surface area contributed by atoms with E-state index in [0.717, 1.165) is 0 Å². The summed E-state index contributed by atoms with van der Waals surface area (Å²) in [5.74, 6) is 0. The Balaban J connectivity index is 0. The fraction of sp³-hybridized carbons (Fsp3) is 0. The Morgan fingerprint density at radius 2 is 1.00 bits per heavy atom. The van der Waals surface area contributed by atoms with Gasteiger partial charge in [0.15, 0.2) is 0 Å². The molecule has 3 nitrogen and oxygen atoms in total. The van der Waals surface area contributed by atoms with Gasteiger partial charge in [-0.2, -0.15) is 0 Å². The van der Waals surface area contributed by atoms with Crippen molar-refractivity contribution >= 4 is 34.6 Å². The van der Waals surface area contributed by atoms with Crippen LogP contribution in [-0.2, 0) is 0 Å². The molecule has 5 heavy (non-hydrogen) atoms. The summed E-state index contributed by atoms with van der Waals surface area (Å²) in [5, 5.41) is 25.2. The van der Waals surface area contributed by atoms with E-state index in [0.29, 0.717) is 0 Å². The van der Waals surface area contributed by atoms with Crippen molar-refractivity contribution in [3.63, 3.8) is 0 Å². The molecule has 0 fully saturated rings. The Labute approximate surface area is 50.0 Å². The first-order valence-corrected chi connectivity index (χ1v) is 0.707. The Kier molecular flexibility index (Phi) is 9.05. The van der Waals surface area contributed by atoms with Crippen LogP contribution in [0.25, 0.3) is 0 Å². The van der Waals surface area contributed by atoms with Gasteiger partial charge in [-0.05, 0) is 0 Å². The van der Waals surface area contributed by atoms with Crippen LogP contribution in [0, 0.1) is 0 Å². The van der Waals surface area contributed by atoms with Crippen LogP contribution in [0.3, 0.4) is 0 Å². The molecule has 0 unspecified atom stereocenters. The Bertz CT molecular complexity index is 11.6. The summed E-state index contributed by atoms with van der Waals surface area (Å²) in [6, 6.07) is 0. The van der Waals surface area contributed by atoms with Gasteiger partial charge in [-0.3, -0.25) is 7.32 Å². The molecule has 0 saturated carbocycles. The fourth-order valence-electron chi connectivity index (χ4n) is 0. The zero-order valence-electron chi connectivity index (χ0n) is 2.30. The summed E-state index contributed by atoms with van der Waals surface area (Å²) < 4.78 is 0. The zero-order valence-corrected chi connectivity index (χ0v) is 6.19. The summed E-state index contributed by atoms with van der Waals surface area (Å²) in [7, 11) is -2.92. The van der Waals surface area contributed by atoms with Gasteiger partial charge in [0.2, 0.25) is 0 Å². The quantitative estimate of drug-likeness (QED) is 0.416. The Hall–Kier alpha value is 0.867. The van der Waals surface area contributed by atoms with Crippen LogP contribution >= 0.6 is 0 Å². The minimum atomic E-state index is -2.92. The third-order valence-electron chi connectivity index (χ3n) is 0. The molecular weight excluding hydrogens is 266 g/mol. The average Bonchev–Trinajstić information content (AvgIpc) is 0.811. The van der Waals surface area contributed by atoms with Gasteiger partial charge in [-0.15, -0.1) is 0 Å². The monoisotopic (exact) mass is 267 g/mol. The Morgan fingerprint density at radius 3 is 1.00 bits per heavy atom. The van der Waals surface area contributed by atoms with E-state index in [1.165, 1.54) is 0 Å². The fourth-order valence-corrected chi connectivity index (χ4v) is 0. The van der Waals surface area contributed by atoms with Crippen LogP contribution in [0.4, 0.5) is 0 Å². The molecule has 0 aromatic carbocycles. The van der Waals surface area contributed by atoms with Crippen LogP contribution in [0.5, 0.6) is 0 Å². The smallest absolute Gasteiger partial charge is 0.907 e. The van der Waals surface area contributed by atoms with E-state index in [2.05, 4.69) is 0 Å². The second-order valence-corrected chi connectivity index (χ2v) is 0.289. The predicted molar refractivity (Wildman–Crippen MR) is 11.5 cm³/mol. The van der Waals surface area contributed by atoms with Gasteiger partial charge in [0.25, 0.3) is 0 Å². The zero-order chi connectivity index (χ0) is 3.58. The van der Waals surface area contributed by atoms with Crippen molar-refractivity contribution in [1.82, 2.24) is 0 Å². The molecule has 0 amide bonds. The molecule has 0 spiro atoms. The van der Waals surface area contributed by atoms with Gasteiger partial charge in [-0.1, -0.05) is 0 Å². The van der Waals surface area contributed by atoms with E-state index < -0.39 is 7.32 Å². The maximum absolute atomic E-state index is 8.42. The summed E-state index contributed by atoms with van der Waals surface area (Å²) in [6.07, 6.45) is 0. The van der Waals surface area contributed by atoms with E-state index >= 15 is 0 Å². The molecule has 0 rings (SSSR count). The molecule has 0 aliphatic heterocycles. The van der Waals surface area contributed by atoms with Crippen LogP contribution in [0.1, 0.15) is 0 Å². The van der Waals surface area contributed by atoms with Crippen molar-refractivity contribution in [2.24, 2.45) is 0 Å². The first-order chi connectivity index (χ1) is 1.73. The maximum Gasteiger partial charge on any atom is 3.00 e. The first-order valence-electron chi connectivity index (χ1n) is 0.707. The van der Waals surface area contributed by atoms with Gasteiger partial charge >= 0.3 is 27.3 Å². The van der Waals surface area contributed by atoms with Gasteiger partial charge < -0.3 is 15.1 Å².